The Hall–Kier alpha value is -1.78. The standard InChI is InChI=1S/C13H22N4O/c1-4-10(3)17-12(18)5-6-15-13-11(14)7-9(2)8-16-13/h7-8,10H,4-6,14H2,1-3H3,(H,15,16)(H,17,18). The summed E-state index contributed by atoms with van der Waals surface area (Å²) in [7, 11) is 0. The van der Waals surface area contributed by atoms with E-state index in [2.05, 4.69) is 15.6 Å². The number of nitrogens with two attached hydrogens (primary N) is 1. The van der Waals surface area contributed by atoms with Crippen LogP contribution in [-0.4, -0.2) is 23.5 Å². The van der Waals surface area contributed by atoms with Gasteiger partial charge in [0.2, 0.25) is 5.91 Å². The van der Waals surface area contributed by atoms with Gasteiger partial charge in [-0.15, -0.1) is 0 Å². The molecule has 1 aromatic heterocycles. The first-order valence-corrected chi connectivity index (χ1v) is 6.28. The van der Waals surface area contributed by atoms with Crippen LogP contribution in [0.4, 0.5) is 11.5 Å². The average molecular weight is 250 g/mol. The van der Waals surface area contributed by atoms with Crippen molar-refractivity contribution in [2.45, 2.75) is 39.7 Å². The molecule has 1 rings (SSSR count). The van der Waals surface area contributed by atoms with E-state index >= 15 is 0 Å². The molecule has 0 saturated heterocycles. The lowest BCUT2D eigenvalue weighted by Gasteiger charge is -2.12. The molecule has 18 heavy (non-hydrogen) atoms. The van der Waals surface area contributed by atoms with Crippen molar-refractivity contribution in [3.05, 3.63) is 17.8 Å². The number of carbonyl (C=O) groups excluding carboxylic acids is 1. The minimum Gasteiger partial charge on any atom is -0.396 e. The molecule has 0 aromatic carbocycles. The van der Waals surface area contributed by atoms with Crippen molar-refractivity contribution in [3.8, 4) is 0 Å². The zero-order valence-electron chi connectivity index (χ0n) is 11.3. The summed E-state index contributed by atoms with van der Waals surface area (Å²) in [5.74, 6) is 0.680. The van der Waals surface area contributed by atoms with E-state index < -0.39 is 0 Å². The normalized spacial score (nSPS) is 11.9. The van der Waals surface area contributed by atoms with Crippen molar-refractivity contribution in [3.63, 3.8) is 0 Å². The van der Waals surface area contributed by atoms with E-state index in [0.29, 0.717) is 24.5 Å². The molecule has 0 fully saturated rings. The molecule has 1 unspecified atom stereocenters. The molecule has 0 bridgehead atoms. The van der Waals surface area contributed by atoms with Gasteiger partial charge >= 0.3 is 0 Å². The summed E-state index contributed by atoms with van der Waals surface area (Å²) < 4.78 is 0. The van der Waals surface area contributed by atoms with Gasteiger partial charge in [-0.3, -0.25) is 4.79 Å². The maximum absolute atomic E-state index is 11.5. The number of anilines is 2. The second-order valence-electron chi connectivity index (χ2n) is 4.50. The van der Waals surface area contributed by atoms with Crippen LogP contribution in [0.1, 0.15) is 32.3 Å². The summed E-state index contributed by atoms with van der Waals surface area (Å²) >= 11 is 0. The number of amides is 1. The third-order valence-corrected chi connectivity index (χ3v) is 2.72. The highest BCUT2D eigenvalue weighted by molar-refractivity contribution is 5.77. The number of nitrogens with zero attached hydrogens (tertiary/aromatic N) is 1. The van der Waals surface area contributed by atoms with Crippen LogP contribution >= 0.6 is 0 Å². The van der Waals surface area contributed by atoms with Gasteiger partial charge in [0.1, 0.15) is 5.82 Å². The summed E-state index contributed by atoms with van der Waals surface area (Å²) in [6.07, 6.45) is 3.10. The number of nitrogens with one attached hydrogen (secondary N) is 2. The molecule has 0 aliphatic heterocycles. The Balaban J connectivity index is 2.35. The average Bonchev–Trinajstić information content (AvgIpc) is 2.31. The summed E-state index contributed by atoms with van der Waals surface area (Å²) in [4.78, 5) is 15.7. The lowest BCUT2D eigenvalue weighted by molar-refractivity contribution is -0.121. The number of aromatic nitrogens is 1. The van der Waals surface area contributed by atoms with Crippen molar-refractivity contribution in [2.24, 2.45) is 0 Å². The van der Waals surface area contributed by atoms with E-state index in [-0.39, 0.29) is 11.9 Å². The second-order valence-corrected chi connectivity index (χ2v) is 4.50. The van der Waals surface area contributed by atoms with Gasteiger partial charge in [0.15, 0.2) is 0 Å². The maximum Gasteiger partial charge on any atom is 0.221 e. The zero-order chi connectivity index (χ0) is 13.5. The predicted octanol–water partition coefficient (Wildman–Crippen LogP) is 1.69. The number of hydrogen-bond donors (Lipinski definition) is 3. The first-order chi connectivity index (χ1) is 8.52. The smallest absolute Gasteiger partial charge is 0.221 e. The molecule has 0 radical (unpaired) electrons. The number of pyridine rings is 1. The van der Waals surface area contributed by atoms with Gasteiger partial charge in [0.25, 0.3) is 0 Å². The molecular weight excluding hydrogens is 228 g/mol. The zero-order valence-corrected chi connectivity index (χ0v) is 11.3. The third kappa shape index (κ3) is 4.61. The highest BCUT2D eigenvalue weighted by Crippen LogP contribution is 2.15. The Kier molecular flexibility index (Phi) is 5.42. The van der Waals surface area contributed by atoms with Crippen LogP contribution in [0.5, 0.6) is 0 Å². The Morgan fingerprint density at radius 2 is 2.28 bits per heavy atom. The topological polar surface area (TPSA) is 80.0 Å². The van der Waals surface area contributed by atoms with Crippen molar-refractivity contribution in [1.29, 1.82) is 0 Å². The molecule has 4 N–H and O–H groups in total. The lowest BCUT2D eigenvalue weighted by atomic mass is 10.2. The Labute approximate surface area is 108 Å². The molecule has 0 aliphatic rings. The van der Waals surface area contributed by atoms with Crippen LogP contribution in [-0.2, 0) is 4.79 Å². The number of rotatable bonds is 6. The minimum absolute atomic E-state index is 0.0440. The highest BCUT2D eigenvalue weighted by Gasteiger charge is 2.06. The number of aryl methyl sites for hydroxylation is 1. The predicted molar refractivity (Wildman–Crippen MR) is 74.4 cm³/mol. The first-order valence-electron chi connectivity index (χ1n) is 6.28. The third-order valence-electron chi connectivity index (χ3n) is 2.72. The van der Waals surface area contributed by atoms with Gasteiger partial charge < -0.3 is 16.4 Å². The van der Waals surface area contributed by atoms with Crippen molar-refractivity contribution in [2.75, 3.05) is 17.6 Å². The Bertz CT molecular complexity index is 406. The van der Waals surface area contributed by atoms with Crippen LogP contribution in [0.25, 0.3) is 0 Å². The summed E-state index contributed by atoms with van der Waals surface area (Å²) in [5, 5.41) is 5.97. The van der Waals surface area contributed by atoms with Crippen LogP contribution < -0.4 is 16.4 Å². The van der Waals surface area contributed by atoms with E-state index in [1.807, 2.05) is 26.8 Å². The molecule has 0 aliphatic carbocycles. The van der Waals surface area contributed by atoms with Gasteiger partial charge in [0, 0.05) is 25.2 Å². The molecule has 0 saturated carbocycles. The summed E-state index contributed by atoms with van der Waals surface area (Å²) in [5.41, 5.74) is 7.44. The largest absolute Gasteiger partial charge is 0.396 e. The summed E-state index contributed by atoms with van der Waals surface area (Å²) in [6, 6.07) is 2.08. The van der Waals surface area contributed by atoms with Gasteiger partial charge in [0.05, 0.1) is 5.69 Å². The SMILES string of the molecule is CCC(C)NC(=O)CCNc1ncc(C)cc1N. The van der Waals surface area contributed by atoms with E-state index in [1.54, 1.807) is 6.20 Å². The van der Waals surface area contributed by atoms with Crippen molar-refractivity contribution >= 4 is 17.4 Å². The van der Waals surface area contributed by atoms with Gasteiger partial charge in [-0.25, -0.2) is 4.98 Å². The van der Waals surface area contributed by atoms with E-state index in [0.717, 1.165) is 12.0 Å². The van der Waals surface area contributed by atoms with Crippen LogP contribution in [0.2, 0.25) is 0 Å². The Morgan fingerprint density at radius 3 is 2.89 bits per heavy atom. The first kappa shape index (κ1) is 14.3. The van der Waals surface area contributed by atoms with Gasteiger partial charge in [-0.2, -0.15) is 0 Å². The lowest BCUT2D eigenvalue weighted by Crippen LogP contribution is -2.33. The van der Waals surface area contributed by atoms with Gasteiger partial charge in [-0.1, -0.05) is 6.92 Å². The fourth-order valence-corrected chi connectivity index (χ4v) is 1.48. The molecule has 1 aromatic rings. The maximum atomic E-state index is 11.5. The molecule has 5 heteroatoms. The summed E-state index contributed by atoms with van der Waals surface area (Å²) in [6.45, 7) is 6.50. The molecule has 1 atom stereocenters. The number of hydrogen-bond acceptors (Lipinski definition) is 4. The second kappa shape index (κ2) is 6.83. The molecule has 0 spiro atoms. The molecule has 100 valence electrons. The van der Waals surface area contributed by atoms with E-state index in [4.69, 9.17) is 5.73 Å². The molecule has 1 amide bonds. The molecule has 5 nitrogen and oxygen atoms in total. The molecule has 1 heterocycles. The van der Waals surface area contributed by atoms with Crippen molar-refractivity contribution < 1.29 is 4.79 Å². The monoisotopic (exact) mass is 250 g/mol. The fraction of sp³-hybridized carbons (Fsp3) is 0.538. The van der Waals surface area contributed by atoms with Crippen molar-refractivity contribution in [1.82, 2.24) is 10.3 Å². The Morgan fingerprint density at radius 1 is 1.56 bits per heavy atom. The van der Waals surface area contributed by atoms with E-state index in [9.17, 15) is 4.79 Å². The highest BCUT2D eigenvalue weighted by atomic mass is 16.1. The van der Waals surface area contributed by atoms with Crippen LogP contribution in [0, 0.1) is 6.92 Å². The number of carbonyl (C=O) groups is 1. The minimum atomic E-state index is 0.0440. The number of nitrogen functional groups attached to an aromatic ring is 1. The van der Waals surface area contributed by atoms with Crippen LogP contribution in [0.15, 0.2) is 12.3 Å². The van der Waals surface area contributed by atoms with Crippen LogP contribution in [0.3, 0.4) is 0 Å². The fourth-order valence-electron chi connectivity index (χ4n) is 1.48. The quantitative estimate of drug-likeness (QED) is 0.717. The molecular formula is C13H22N4O. The van der Waals surface area contributed by atoms with Gasteiger partial charge in [-0.05, 0) is 31.9 Å². The van der Waals surface area contributed by atoms with E-state index in [1.165, 1.54) is 0 Å².